The molecule has 80 valence electrons. The number of morpholine rings is 1. The summed E-state index contributed by atoms with van der Waals surface area (Å²) in [5.41, 5.74) is 0. The number of nitrogens with one attached hydrogen (secondary N) is 1. The van der Waals surface area contributed by atoms with E-state index in [1.165, 1.54) is 12.8 Å². The Kier molecular flexibility index (Phi) is 3.37. The van der Waals surface area contributed by atoms with Gasteiger partial charge >= 0.3 is 5.97 Å². The molecule has 0 aromatic carbocycles. The topological polar surface area (TPSA) is 41.6 Å². The normalized spacial score (nSPS) is 30.0. The summed E-state index contributed by atoms with van der Waals surface area (Å²) in [6, 6.07) is 0. The Morgan fingerprint density at radius 1 is 1.57 bits per heavy atom. The second-order valence-corrected chi connectivity index (χ2v) is 4.17. The van der Waals surface area contributed by atoms with Crippen LogP contribution >= 0.6 is 0 Å². The Morgan fingerprint density at radius 3 is 3.21 bits per heavy atom. The molecule has 0 bridgehead atoms. The number of piperidine rings is 1. The fourth-order valence-corrected chi connectivity index (χ4v) is 2.20. The van der Waals surface area contributed by atoms with Crippen molar-refractivity contribution in [3.63, 3.8) is 0 Å². The molecule has 4 heteroatoms. The third-order valence-electron chi connectivity index (χ3n) is 2.94. The zero-order valence-electron chi connectivity index (χ0n) is 8.50. The average molecular weight is 198 g/mol. The van der Waals surface area contributed by atoms with Gasteiger partial charge < -0.3 is 10.1 Å². The van der Waals surface area contributed by atoms with E-state index in [9.17, 15) is 4.79 Å². The van der Waals surface area contributed by atoms with Gasteiger partial charge in [0.05, 0.1) is 6.54 Å². The van der Waals surface area contributed by atoms with Crippen molar-refractivity contribution in [2.24, 2.45) is 5.92 Å². The number of cyclic esters (lactones) is 1. The average Bonchev–Trinajstić information content (AvgIpc) is 2.19. The molecule has 0 aromatic heterocycles. The number of nitrogens with zero attached hydrogens (tertiary/aromatic N) is 1. The maximum Gasteiger partial charge on any atom is 0.320 e. The molecular weight excluding hydrogens is 180 g/mol. The fourth-order valence-electron chi connectivity index (χ4n) is 2.20. The molecule has 1 unspecified atom stereocenters. The molecule has 0 aromatic rings. The standard InChI is InChI=1S/C10H18N2O2/c13-10-8-12(4-5-14-10)7-9-2-1-3-11-6-9/h9,11H,1-8H2. The van der Waals surface area contributed by atoms with Crippen molar-refractivity contribution >= 4 is 5.97 Å². The quantitative estimate of drug-likeness (QED) is 0.626. The lowest BCUT2D eigenvalue weighted by atomic mass is 9.99. The Balaban J connectivity index is 1.75. The minimum absolute atomic E-state index is 0.0694. The molecule has 2 aliphatic heterocycles. The number of carbonyl (C=O) groups is 1. The van der Waals surface area contributed by atoms with Gasteiger partial charge in [0, 0.05) is 13.1 Å². The van der Waals surface area contributed by atoms with E-state index in [0.29, 0.717) is 13.2 Å². The number of hydrogen-bond donors (Lipinski definition) is 1. The third kappa shape index (κ3) is 2.69. The highest BCUT2D eigenvalue weighted by molar-refractivity contribution is 5.72. The van der Waals surface area contributed by atoms with Crippen molar-refractivity contribution in [3.8, 4) is 0 Å². The van der Waals surface area contributed by atoms with Crippen LogP contribution in [-0.4, -0.2) is 50.2 Å². The Hall–Kier alpha value is -0.610. The molecule has 1 atom stereocenters. The van der Waals surface area contributed by atoms with E-state index in [4.69, 9.17) is 4.74 Å². The van der Waals surface area contributed by atoms with Gasteiger partial charge in [0.15, 0.2) is 0 Å². The number of rotatable bonds is 2. The SMILES string of the molecule is O=C1CN(CC2CCCNC2)CCO1. The van der Waals surface area contributed by atoms with E-state index in [0.717, 1.165) is 32.1 Å². The van der Waals surface area contributed by atoms with E-state index < -0.39 is 0 Å². The van der Waals surface area contributed by atoms with Gasteiger partial charge in [-0.15, -0.1) is 0 Å². The molecule has 2 heterocycles. The first kappa shape index (κ1) is 9.93. The van der Waals surface area contributed by atoms with Crippen LogP contribution in [-0.2, 0) is 9.53 Å². The van der Waals surface area contributed by atoms with Crippen molar-refractivity contribution in [2.45, 2.75) is 12.8 Å². The zero-order chi connectivity index (χ0) is 9.80. The fraction of sp³-hybridized carbons (Fsp3) is 0.900. The highest BCUT2D eigenvalue weighted by Crippen LogP contribution is 2.12. The van der Waals surface area contributed by atoms with Crippen LogP contribution in [0.1, 0.15) is 12.8 Å². The monoisotopic (exact) mass is 198 g/mol. The van der Waals surface area contributed by atoms with Crippen molar-refractivity contribution in [2.75, 3.05) is 39.3 Å². The van der Waals surface area contributed by atoms with Crippen molar-refractivity contribution in [3.05, 3.63) is 0 Å². The van der Waals surface area contributed by atoms with Gasteiger partial charge in [-0.3, -0.25) is 9.69 Å². The van der Waals surface area contributed by atoms with Gasteiger partial charge in [-0.25, -0.2) is 0 Å². The van der Waals surface area contributed by atoms with Gasteiger partial charge in [0.2, 0.25) is 0 Å². The van der Waals surface area contributed by atoms with Gasteiger partial charge in [-0.2, -0.15) is 0 Å². The molecular formula is C10H18N2O2. The molecule has 2 aliphatic rings. The van der Waals surface area contributed by atoms with Crippen LogP contribution in [0.2, 0.25) is 0 Å². The minimum atomic E-state index is -0.0694. The first-order valence-corrected chi connectivity index (χ1v) is 5.43. The maximum atomic E-state index is 11.0. The van der Waals surface area contributed by atoms with E-state index >= 15 is 0 Å². The maximum absolute atomic E-state index is 11.0. The van der Waals surface area contributed by atoms with Crippen LogP contribution in [0.5, 0.6) is 0 Å². The van der Waals surface area contributed by atoms with Crippen LogP contribution in [0.3, 0.4) is 0 Å². The second-order valence-electron chi connectivity index (χ2n) is 4.17. The number of hydrogen-bond acceptors (Lipinski definition) is 4. The van der Waals surface area contributed by atoms with Gasteiger partial charge in [-0.05, 0) is 31.8 Å². The van der Waals surface area contributed by atoms with E-state index in [1.807, 2.05) is 0 Å². The van der Waals surface area contributed by atoms with Crippen molar-refractivity contribution < 1.29 is 9.53 Å². The summed E-state index contributed by atoms with van der Waals surface area (Å²) in [5.74, 6) is 0.648. The number of esters is 1. The Bertz CT molecular complexity index is 202. The van der Waals surface area contributed by atoms with E-state index in [1.54, 1.807) is 0 Å². The lowest BCUT2D eigenvalue weighted by Gasteiger charge is -2.31. The summed E-state index contributed by atoms with van der Waals surface area (Å²) >= 11 is 0. The highest BCUT2D eigenvalue weighted by Gasteiger charge is 2.22. The predicted molar refractivity (Wildman–Crippen MR) is 53.0 cm³/mol. The minimum Gasteiger partial charge on any atom is -0.463 e. The smallest absolute Gasteiger partial charge is 0.320 e. The summed E-state index contributed by atoms with van der Waals surface area (Å²) in [6.45, 7) is 5.25. The summed E-state index contributed by atoms with van der Waals surface area (Å²) in [6.07, 6.45) is 2.56. The van der Waals surface area contributed by atoms with Crippen LogP contribution in [0.4, 0.5) is 0 Å². The Labute approximate surface area is 84.6 Å². The van der Waals surface area contributed by atoms with Crippen LogP contribution in [0.25, 0.3) is 0 Å². The van der Waals surface area contributed by atoms with E-state index in [-0.39, 0.29) is 5.97 Å². The first-order chi connectivity index (χ1) is 6.84. The molecule has 0 saturated carbocycles. The van der Waals surface area contributed by atoms with Crippen molar-refractivity contribution in [1.82, 2.24) is 10.2 Å². The van der Waals surface area contributed by atoms with Crippen LogP contribution in [0.15, 0.2) is 0 Å². The summed E-state index contributed by atoms with van der Waals surface area (Å²) in [5, 5.41) is 3.39. The van der Waals surface area contributed by atoms with Crippen LogP contribution < -0.4 is 5.32 Å². The summed E-state index contributed by atoms with van der Waals surface area (Å²) in [7, 11) is 0. The second kappa shape index (κ2) is 4.75. The first-order valence-electron chi connectivity index (χ1n) is 5.43. The number of ether oxygens (including phenoxy) is 1. The molecule has 14 heavy (non-hydrogen) atoms. The van der Waals surface area contributed by atoms with Crippen LogP contribution in [0, 0.1) is 5.92 Å². The highest BCUT2D eigenvalue weighted by atomic mass is 16.5. The lowest BCUT2D eigenvalue weighted by Crippen LogP contribution is -2.45. The number of carbonyl (C=O) groups excluding carboxylic acids is 1. The van der Waals surface area contributed by atoms with Gasteiger partial charge in [-0.1, -0.05) is 0 Å². The summed E-state index contributed by atoms with van der Waals surface area (Å²) in [4.78, 5) is 13.2. The molecule has 0 aliphatic carbocycles. The van der Waals surface area contributed by atoms with Gasteiger partial charge in [0.25, 0.3) is 0 Å². The zero-order valence-corrected chi connectivity index (χ0v) is 8.50. The molecule has 4 nitrogen and oxygen atoms in total. The largest absolute Gasteiger partial charge is 0.463 e. The molecule has 2 saturated heterocycles. The summed E-state index contributed by atoms with van der Waals surface area (Å²) < 4.78 is 4.90. The van der Waals surface area contributed by atoms with Crippen molar-refractivity contribution in [1.29, 1.82) is 0 Å². The molecule has 0 spiro atoms. The lowest BCUT2D eigenvalue weighted by molar-refractivity contribution is -0.150. The molecule has 2 fully saturated rings. The predicted octanol–water partition coefficient (Wildman–Crippen LogP) is -0.155. The molecule has 0 radical (unpaired) electrons. The Morgan fingerprint density at radius 2 is 2.50 bits per heavy atom. The molecule has 0 amide bonds. The van der Waals surface area contributed by atoms with Gasteiger partial charge in [0.1, 0.15) is 6.61 Å². The molecule has 2 rings (SSSR count). The van der Waals surface area contributed by atoms with E-state index in [2.05, 4.69) is 10.2 Å². The molecule has 1 N–H and O–H groups in total. The third-order valence-corrected chi connectivity index (χ3v) is 2.94.